The zero-order valence-corrected chi connectivity index (χ0v) is 16.5. The van der Waals surface area contributed by atoms with Crippen LogP contribution in [0.1, 0.15) is 31.9 Å². The Morgan fingerprint density at radius 1 is 0.690 bits per heavy atom. The highest BCUT2D eigenvalue weighted by Crippen LogP contribution is 2.01. The normalized spacial score (nSPS) is 11.7. The second-order valence-electron chi connectivity index (χ2n) is 6.21. The summed E-state index contributed by atoms with van der Waals surface area (Å²) in [5.74, 6) is -2.09. The van der Waals surface area contributed by atoms with Gasteiger partial charge in [-0.3, -0.25) is 14.4 Å². The first-order valence-corrected chi connectivity index (χ1v) is 8.94. The zero-order valence-electron chi connectivity index (χ0n) is 16.5. The molecule has 0 heterocycles. The molecule has 2 aromatic rings. The number of carbonyl (C=O) groups excluding carboxylic acids is 3. The van der Waals surface area contributed by atoms with Crippen LogP contribution in [0.4, 0.5) is 0 Å². The molecule has 0 radical (unpaired) electrons. The number of amides is 3. The minimum atomic E-state index is -1.48. The van der Waals surface area contributed by atoms with Crippen molar-refractivity contribution in [3.05, 3.63) is 71.8 Å². The van der Waals surface area contributed by atoms with Gasteiger partial charge in [0.05, 0.1) is 11.4 Å². The number of benzene rings is 2. The van der Waals surface area contributed by atoms with E-state index in [1.165, 1.54) is 6.92 Å². The van der Waals surface area contributed by atoms with Gasteiger partial charge in [-0.1, -0.05) is 60.7 Å². The molecule has 29 heavy (non-hydrogen) atoms. The average Bonchev–Trinajstić information content (AvgIpc) is 2.74. The van der Waals surface area contributed by atoms with Crippen LogP contribution >= 0.6 is 0 Å². The summed E-state index contributed by atoms with van der Waals surface area (Å²) in [5, 5.41) is 10.3. The topological polar surface area (TPSA) is 112 Å². The summed E-state index contributed by atoms with van der Waals surface area (Å²) in [6.07, 6.45) is 0. The van der Waals surface area contributed by atoms with Gasteiger partial charge in [-0.25, -0.2) is 10.9 Å². The van der Waals surface area contributed by atoms with Crippen LogP contribution in [0, 0.1) is 0 Å². The third-order valence-corrected chi connectivity index (χ3v) is 3.92. The molecule has 0 bridgehead atoms. The molecule has 0 aromatic heterocycles. The molecule has 3 N–H and O–H groups in total. The number of hydrogen-bond acceptors (Lipinski definition) is 5. The largest absolute Gasteiger partial charge is 0.337 e. The lowest BCUT2D eigenvalue weighted by Crippen LogP contribution is -2.53. The van der Waals surface area contributed by atoms with Crippen molar-refractivity contribution >= 4 is 29.1 Å². The third-order valence-electron chi connectivity index (χ3n) is 3.92. The molecule has 0 saturated heterocycles. The third kappa shape index (κ3) is 6.69. The van der Waals surface area contributed by atoms with Crippen LogP contribution in [-0.4, -0.2) is 35.2 Å². The van der Waals surface area contributed by atoms with E-state index in [0.717, 1.165) is 11.1 Å². The predicted octanol–water partition coefficient (Wildman–Crippen LogP) is 1.57. The lowest BCUT2D eigenvalue weighted by molar-refractivity contribution is -0.136. The van der Waals surface area contributed by atoms with Crippen LogP contribution in [0.5, 0.6) is 0 Å². The van der Waals surface area contributed by atoms with Crippen molar-refractivity contribution in [3.8, 4) is 0 Å². The van der Waals surface area contributed by atoms with Crippen LogP contribution in [0.2, 0.25) is 0 Å². The maximum Gasteiger partial charge on any atom is 0.272 e. The van der Waals surface area contributed by atoms with E-state index in [2.05, 4.69) is 26.4 Å². The molecule has 0 aliphatic rings. The van der Waals surface area contributed by atoms with E-state index in [9.17, 15) is 14.4 Å². The average molecular weight is 393 g/mol. The zero-order chi connectivity index (χ0) is 21.2. The first-order valence-electron chi connectivity index (χ1n) is 8.94. The van der Waals surface area contributed by atoms with Gasteiger partial charge in [0.15, 0.2) is 6.04 Å². The minimum Gasteiger partial charge on any atom is -0.337 e. The molecule has 150 valence electrons. The minimum absolute atomic E-state index is 0.534. The second-order valence-corrected chi connectivity index (χ2v) is 6.21. The van der Waals surface area contributed by atoms with Crippen LogP contribution in [0.15, 0.2) is 70.9 Å². The molecular formula is C21H23N5O3. The highest BCUT2D eigenvalue weighted by molar-refractivity contribution is 6.08. The molecule has 0 saturated carbocycles. The number of carbonyl (C=O) groups is 3. The van der Waals surface area contributed by atoms with Crippen LogP contribution < -0.4 is 16.2 Å². The fourth-order valence-corrected chi connectivity index (χ4v) is 2.35. The molecule has 8 heteroatoms. The van der Waals surface area contributed by atoms with Crippen LogP contribution in [0.25, 0.3) is 0 Å². The van der Waals surface area contributed by atoms with Gasteiger partial charge in [0.1, 0.15) is 0 Å². The Kier molecular flexibility index (Phi) is 7.78. The number of hydrogen-bond donors (Lipinski definition) is 3. The van der Waals surface area contributed by atoms with E-state index in [0.29, 0.717) is 11.4 Å². The van der Waals surface area contributed by atoms with E-state index in [-0.39, 0.29) is 0 Å². The number of nitrogens with one attached hydrogen (secondary N) is 3. The van der Waals surface area contributed by atoms with Gasteiger partial charge >= 0.3 is 0 Å². The van der Waals surface area contributed by atoms with Crippen LogP contribution in [0.3, 0.4) is 0 Å². The molecule has 0 fully saturated rings. The van der Waals surface area contributed by atoms with E-state index >= 15 is 0 Å². The smallest absolute Gasteiger partial charge is 0.272 e. The molecular weight excluding hydrogens is 370 g/mol. The SMILES string of the molecule is CC(=O)NC(C(=O)N/N=C(\C)c1ccccc1)C(=O)N/N=C(\C)c1ccccc1. The number of rotatable bonds is 7. The summed E-state index contributed by atoms with van der Waals surface area (Å²) < 4.78 is 0. The number of hydrazone groups is 2. The van der Waals surface area contributed by atoms with E-state index in [1.54, 1.807) is 13.8 Å². The van der Waals surface area contributed by atoms with Crippen molar-refractivity contribution < 1.29 is 14.4 Å². The van der Waals surface area contributed by atoms with Gasteiger partial charge < -0.3 is 5.32 Å². The molecule has 0 aliphatic heterocycles. The molecule has 0 unspecified atom stereocenters. The molecule has 0 atom stereocenters. The lowest BCUT2D eigenvalue weighted by atomic mass is 10.1. The molecule has 0 aliphatic carbocycles. The van der Waals surface area contributed by atoms with Crippen molar-refractivity contribution in [1.29, 1.82) is 0 Å². The summed E-state index contributed by atoms with van der Waals surface area (Å²) >= 11 is 0. The monoisotopic (exact) mass is 393 g/mol. The van der Waals surface area contributed by atoms with Crippen molar-refractivity contribution in [3.63, 3.8) is 0 Å². The number of nitrogens with zero attached hydrogens (tertiary/aromatic N) is 2. The highest BCUT2D eigenvalue weighted by atomic mass is 16.2. The summed E-state index contributed by atoms with van der Waals surface area (Å²) in [6, 6.07) is 17.0. The van der Waals surface area contributed by atoms with Crippen molar-refractivity contribution in [2.45, 2.75) is 26.8 Å². The Labute approximate surface area is 169 Å². The lowest BCUT2D eigenvalue weighted by Gasteiger charge is -2.15. The molecule has 8 nitrogen and oxygen atoms in total. The van der Waals surface area contributed by atoms with Gasteiger partial charge in [0, 0.05) is 6.92 Å². The quantitative estimate of drug-likeness (QED) is 0.377. The maximum atomic E-state index is 12.4. The first kappa shape index (κ1) is 21.5. The Balaban J connectivity index is 2.08. The van der Waals surface area contributed by atoms with E-state index in [4.69, 9.17) is 0 Å². The molecule has 2 aromatic carbocycles. The molecule has 0 spiro atoms. The Hall–Kier alpha value is -3.81. The van der Waals surface area contributed by atoms with Gasteiger partial charge in [0.25, 0.3) is 11.8 Å². The Morgan fingerprint density at radius 3 is 1.41 bits per heavy atom. The van der Waals surface area contributed by atoms with Gasteiger partial charge in [-0.15, -0.1) is 0 Å². The first-order chi connectivity index (χ1) is 13.9. The molecule has 3 amide bonds. The van der Waals surface area contributed by atoms with Gasteiger partial charge in [-0.2, -0.15) is 10.2 Å². The van der Waals surface area contributed by atoms with E-state index < -0.39 is 23.8 Å². The standard InChI is InChI=1S/C21H23N5O3/c1-14(17-10-6-4-7-11-17)23-25-20(28)19(22-16(3)27)21(29)26-24-15(2)18-12-8-5-9-13-18/h4-13,19H,1-3H3,(H,22,27)(H,25,28)(H,26,29)/b23-14+,24-15+. The van der Waals surface area contributed by atoms with Gasteiger partial charge in [0.2, 0.25) is 5.91 Å². The Bertz CT molecular complexity index is 854. The summed E-state index contributed by atoms with van der Waals surface area (Å²) in [7, 11) is 0. The van der Waals surface area contributed by atoms with Crippen molar-refractivity contribution in [2.75, 3.05) is 0 Å². The summed E-state index contributed by atoms with van der Waals surface area (Å²) in [6.45, 7) is 4.65. The summed E-state index contributed by atoms with van der Waals surface area (Å²) in [4.78, 5) is 36.3. The van der Waals surface area contributed by atoms with Crippen LogP contribution in [-0.2, 0) is 14.4 Å². The Morgan fingerprint density at radius 2 is 1.07 bits per heavy atom. The highest BCUT2D eigenvalue weighted by Gasteiger charge is 2.27. The fourth-order valence-electron chi connectivity index (χ4n) is 2.35. The fraction of sp³-hybridized carbons (Fsp3) is 0.190. The summed E-state index contributed by atoms with van der Waals surface area (Å²) in [5.41, 5.74) is 7.36. The van der Waals surface area contributed by atoms with E-state index in [1.807, 2.05) is 60.7 Å². The molecule has 2 rings (SSSR count). The van der Waals surface area contributed by atoms with Crippen molar-refractivity contribution in [1.82, 2.24) is 16.2 Å². The van der Waals surface area contributed by atoms with Gasteiger partial charge in [-0.05, 0) is 25.0 Å². The maximum absolute atomic E-state index is 12.4. The predicted molar refractivity (Wildman–Crippen MR) is 111 cm³/mol. The second kappa shape index (κ2) is 10.5. The van der Waals surface area contributed by atoms with Crippen molar-refractivity contribution in [2.24, 2.45) is 10.2 Å².